The Hall–Kier alpha value is -4.01. The molecule has 37 heavy (non-hydrogen) atoms. The van der Waals surface area contributed by atoms with Gasteiger partial charge >= 0.3 is 0 Å². The van der Waals surface area contributed by atoms with Gasteiger partial charge < -0.3 is 20.5 Å². The fourth-order valence-electron chi connectivity index (χ4n) is 4.98. The summed E-state index contributed by atoms with van der Waals surface area (Å²) in [4.78, 5) is 10.2. The third kappa shape index (κ3) is 4.73. The van der Waals surface area contributed by atoms with Gasteiger partial charge in [0.15, 0.2) is 5.65 Å². The van der Waals surface area contributed by atoms with E-state index in [1.807, 2.05) is 44.6 Å². The minimum Gasteiger partial charge on any atom is -0.384 e. The fourth-order valence-corrected chi connectivity index (χ4v) is 4.98. The van der Waals surface area contributed by atoms with E-state index in [1.165, 1.54) is 5.57 Å². The lowest BCUT2D eigenvalue weighted by Gasteiger charge is -2.13. The number of rotatable bonds is 7. The van der Waals surface area contributed by atoms with Crippen molar-refractivity contribution in [3.63, 3.8) is 0 Å². The number of H-pyrrole nitrogens is 2. The molecular formula is C29H30FN7. The fraction of sp³-hybridized carbons (Fsp3) is 0.241. The molecule has 0 fully saturated rings. The summed E-state index contributed by atoms with van der Waals surface area (Å²) in [6.45, 7) is 3.46. The minimum absolute atomic E-state index is 0.261. The van der Waals surface area contributed by atoms with Crippen LogP contribution >= 0.6 is 0 Å². The van der Waals surface area contributed by atoms with Crippen LogP contribution in [0.5, 0.6) is 0 Å². The number of benzene rings is 2. The van der Waals surface area contributed by atoms with Crippen molar-refractivity contribution in [2.75, 3.05) is 45.6 Å². The maximum absolute atomic E-state index is 14.6. The van der Waals surface area contributed by atoms with Crippen LogP contribution in [-0.4, -0.2) is 65.3 Å². The molecule has 0 bridgehead atoms. The third-order valence-corrected chi connectivity index (χ3v) is 6.87. The Bertz CT molecular complexity index is 1610. The number of aromatic nitrogens is 4. The van der Waals surface area contributed by atoms with Crippen LogP contribution in [0, 0.1) is 5.82 Å². The van der Waals surface area contributed by atoms with Gasteiger partial charge in [-0.15, -0.1) is 0 Å². The molecule has 4 N–H and O–H groups in total. The third-order valence-electron chi connectivity index (χ3n) is 6.87. The molecule has 1 aliphatic heterocycles. The van der Waals surface area contributed by atoms with Gasteiger partial charge in [-0.2, -0.15) is 5.10 Å². The first-order valence-electron chi connectivity index (χ1n) is 12.6. The number of hydrogen-bond acceptors (Lipinski definition) is 5. The molecule has 188 valence electrons. The first-order chi connectivity index (χ1) is 18.0. The molecule has 0 saturated carbocycles. The van der Waals surface area contributed by atoms with Crippen molar-refractivity contribution in [3.8, 4) is 22.5 Å². The van der Waals surface area contributed by atoms with Gasteiger partial charge in [0.05, 0.1) is 11.4 Å². The van der Waals surface area contributed by atoms with Crippen LogP contribution in [0.2, 0.25) is 0 Å². The van der Waals surface area contributed by atoms with Crippen molar-refractivity contribution in [1.29, 1.82) is 0 Å². The summed E-state index contributed by atoms with van der Waals surface area (Å²) < 4.78 is 14.6. The van der Waals surface area contributed by atoms with Gasteiger partial charge in [-0.1, -0.05) is 18.2 Å². The number of likely N-dealkylation sites (N-methyl/N-ethyl adjacent to an activating group) is 1. The molecule has 0 atom stereocenters. The first-order valence-corrected chi connectivity index (χ1v) is 12.6. The number of anilines is 1. The highest BCUT2D eigenvalue weighted by atomic mass is 19.1. The van der Waals surface area contributed by atoms with E-state index in [-0.39, 0.29) is 5.82 Å². The van der Waals surface area contributed by atoms with Crippen molar-refractivity contribution in [2.24, 2.45) is 0 Å². The van der Waals surface area contributed by atoms with Gasteiger partial charge in [0, 0.05) is 47.8 Å². The molecule has 2 aromatic carbocycles. The Morgan fingerprint density at radius 1 is 1.05 bits per heavy atom. The Balaban J connectivity index is 1.39. The van der Waals surface area contributed by atoms with E-state index in [4.69, 9.17) is 0 Å². The van der Waals surface area contributed by atoms with Crippen molar-refractivity contribution < 1.29 is 4.39 Å². The zero-order valence-electron chi connectivity index (χ0n) is 21.0. The van der Waals surface area contributed by atoms with Gasteiger partial charge in [-0.05, 0) is 85.7 Å². The first kappa shape index (κ1) is 23.4. The predicted molar refractivity (Wildman–Crippen MR) is 149 cm³/mol. The van der Waals surface area contributed by atoms with Crippen LogP contribution in [0.4, 0.5) is 10.1 Å². The second kappa shape index (κ2) is 9.80. The molecule has 0 saturated heterocycles. The van der Waals surface area contributed by atoms with E-state index in [1.54, 1.807) is 12.1 Å². The second-order valence-corrected chi connectivity index (χ2v) is 9.79. The minimum atomic E-state index is -0.261. The van der Waals surface area contributed by atoms with Crippen LogP contribution in [0.1, 0.15) is 12.0 Å². The van der Waals surface area contributed by atoms with Crippen molar-refractivity contribution in [2.45, 2.75) is 6.42 Å². The lowest BCUT2D eigenvalue weighted by Crippen LogP contribution is -2.20. The molecule has 0 amide bonds. The Labute approximate surface area is 214 Å². The molecule has 0 radical (unpaired) electrons. The van der Waals surface area contributed by atoms with Crippen LogP contribution in [0.15, 0.2) is 60.8 Å². The molecule has 8 heteroatoms. The summed E-state index contributed by atoms with van der Waals surface area (Å²) in [6.07, 6.45) is 5.11. The zero-order chi connectivity index (χ0) is 25.4. The van der Waals surface area contributed by atoms with E-state index < -0.39 is 0 Å². The van der Waals surface area contributed by atoms with Gasteiger partial charge in [0.25, 0.3) is 0 Å². The van der Waals surface area contributed by atoms with Gasteiger partial charge in [-0.25, -0.2) is 9.37 Å². The van der Waals surface area contributed by atoms with E-state index >= 15 is 0 Å². The molecule has 0 spiro atoms. The number of nitrogens with one attached hydrogen (secondary N) is 4. The van der Waals surface area contributed by atoms with E-state index in [0.717, 1.165) is 82.7 Å². The quantitative estimate of drug-likeness (QED) is 0.247. The van der Waals surface area contributed by atoms with Gasteiger partial charge in [0.2, 0.25) is 0 Å². The number of pyridine rings is 1. The Kier molecular flexibility index (Phi) is 6.20. The van der Waals surface area contributed by atoms with E-state index in [2.05, 4.69) is 53.9 Å². The molecule has 3 aromatic heterocycles. The van der Waals surface area contributed by atoms with Crippen molar-refractivity contribution in [3.05, 3.63) is 72.2 Å². The highest BCUT2D eigenvalue weighted by Gasteiger charge is 2.16. The van der Waals surface area contributed by atoms with Crippen molar-refractivity contribution in [1.82, 2.24) is 30.4 Å². The number of hydrogen-bond donors (Lipinski definition) is 4. The second-order valence-electron chi connectivity index (χ2n) is 9.79. The average molecular weight is 496 g/mol. The summed E-state index contributed by atoms with van der Waals surface area (Å²) in [7, 11) is 4.04. The topological polar surface area (TPSA) is 84.7 Å². The largest absolute Gasteiger partial charge is 0.384 e. The highest BCUT2D eigenvalue weighted by Crippen LogP contribution is 2.35. The SMILES string of the molecule is CN(C)CCNc1cc(F)cc(-c2cccc3[nH]c(-c4[nH]nc5ncc(C6=CCNCC6)cc45)cc23)c1. The molecular weight excluding hydrogens is 465 g/mol. The molecule has 7 nitrogen and oxygen atoms in total. The molecule has 6 rings (SSSR count). The predicted octanol–water partition coefficient (Wildman–Crippen LogP) is 5.26. The smallest absolute Gasteiger partial charge is 0.181 e. The number of fused-ring (bicyclic) bond motifs is 2. The number of halogens is 1. The molecule has 0 aliphatic carbocycles. The summed E-state index contributed by atoms with van der Waals surface area (Å²) in [5.74, 6) is -0.261. The maximum Gasteiger partial charge on any atom is 0.181 e. The maximum atomic E-state index is 14.6. The molecule has 4 heterocycles. The van der Waals surface area contributed by atoms with Gasteiger partial charge in [-0.3, -0.25) is 5.10 Å². The standard InChI is InChI=1S/C29H30FN7/c1-37(2)11-10-32-22-13-19(12-21(30)15-22)23-4-3-5-26-24(23)16-27(34-26)28-25-14-20(17-33-29(25)36-35-28)18-6-8-31-9-7-18/h3-6,12-17,31-32,34H,7-11H2,1-2H3,(H,33,35,36). The van der Waals surface area contributed by atoms with Crippen molar-refractivity contribution >= 4 is 33.2 Å². The molecule has 0 unspecified atom stereocenters. The molecule has 1 aliphatic rings. The van der Waals surface area contributed by atoms with Crippen LogP contribution in [0.25, 0.3) is 50.0 Å². The lowest BCUT2D eigenvalue weighted by molar-refractivity contribution is 0.425. The summed E-state index contributed by atoms with van der Waals surface area (Å²) in [5.41, 5.74) is 8.49. The Morgan fingerprint density at radius 3 is 2.81 bits per heavy atom. The Morgan fingerprint density at radius 2 is 1.97 bits per heavy atom. The van der Waals surface area contributed by atoms with Crippen LogP contribution in [-0.2, 0) is 0 Å². The van der Waals surface area contributed by atoms with Crippen LogP contribution in [0.3, 0.4) is 0 Å². The number of nitrogens with zero attached hydrogens (tertiary/aromatic N) is 3. The summed E-state index contributed by atoms with van der Waals surface area (Å²) >= 11 is 0. The monoisotopic (exact) mass is 495 g/mol. The van der Waals surface area contributed by atoms with Gasteiger partial charge in [0.1, 0.15) is 5.82 Å². The van der Waals surface area contributed by atoms with Crippen LogP contribution < -0.4 is 10.6 Å². The summed E-state index contributed by atoms with van der Waals surface area (Å²) in [6, 6.07) is 15.5. The van der Waals surface area contributed by atoms with E-state index in [0.29, 0.717) is 5.65 Å². The number of aromatic amines is 2. The summed E-state index contributed by atoms with van der Waals surface area (Å²) in [5, 5.41) is 16.3. The lowest BCUT2D eigenvalue weighted by atomic mass is 10.00. The normalized spacial score (nSPS) is 14.0. The zero-order valence-corrected chi connectivity index (χ0v) is 21.0. The van der Waals surface area contributed by atoms with E-state index in [9.17, 15) is 4.39 Å². The average Bonchev–Trinajstić information content (AvgIpc) is 3.52. The highest BCUT2D eigenvalue weighted by molar-refractivity contribution is 6.01. The molecule has 5 aromatic rings.